The van der Waals surface area contributed by atoms with Crippen LogP contribution in [0.1, 0.15) is 20.8 Å². The van der Waals surface area contributed by atoms with Crippen molar-refractivity contribution in [1.82, 2.24) is 4.98 Å². The SMILES string of the molecule is CC(C)(C)C#CCOc1cccnc1F. The van der Waals surface area contributed by atoms with Crippen LogP contribution in [0.5, 0.6) is 5.75 Å². The van der Waals surface area contributed by atoms with E-state index in [2.05, 4.69) is 16.8 Å². The zero-order valence-corrected chi connectivity index (χ0v) is 9.17. The molecule has 0 fully saturated rings. The van der Waals surface area contributed by atoms with E-state index in [0.717, 1.165) is 0 Å². The Bertz CT molecular complexity index is 385. The zero-order chi connectivity index (χ0) is 11.3. The van der Waals surface area contributed by atoms with E-state index >= 15 is 0 Å². The highest BCUT2D eigenvalue weighted by Gasteiger charge is 2.04. The van der Waals surface area contributed by atoms with E-state index in [9.17, 15) is 4.39 Å². The lowest BCUT2D eigenvalue weighted by Crippen LogP contribution is -2.02. The fourth-order valence-electron chi connectivity index (χ4n) is 0.894. The molecule has 0 aromatic carbocycles. The molecule has 0 atom stereocenters. The van der Waals surface area contributed by atoms with Crippen molar-refractivity contribution < 1.29 is 9.13 Å². The van der Waals surface area contributed by atoms with Gasteiger partial charge in [-0.05, 0) is 32.9 Å². The van der Waals surface area contributed by atoms with Crippen LogP contribution in [0.15, 0.2) is 18.3 Å². The highest BCUT2D eigenvalue weighted by Crippen LogP contribution is 2.13. The maximum Gasteiger partial charge on any atom is 0.255 e. The molecule has 1 heterocycles. The quantitative estimate of drug-likeness (QED) is 0.549. The fourth-order valence-corrected chi connectivity index (χ4v) is 0.894. The number of pyridine rings is 1. The molecular weight excluding hydrogens is 193 g/mol. The van der Waals surface area contributed by atoms with Gasteiger partial charge in [0.1, 0.15) is 6.61 Å². The van der Waals surface area contributed by atoms with Crippen LogP contribution in [0.3, 0.4) is 0 Å². The largest absolute Gasteiger partial charge is 0.476 e. The summed E-state index contributed by atoms with van der Waals surface area (Å²) in [5.74, 6) is 5.37. The molecule has 0 saturated carbocycles. The molecule has 0 amide bonds. The first-order valence-electron chi connectivity index (χ1n) is 4.72. The Kier molecular flexibility index (Phi) is 3.68. The van der Waals surface area contributed by atoms with Gasteiger partial charge in [0.2, 0.25) is 0 Å². The van der Waals surface area contributed by atoms with Crippen LogP contribution >= 0.6 is 0 Å². The molecule has 1 aromatic rings. The predicted molar refractivity (Wildman–Crippen MR) is 56.9 cm³/mol. The number of halogens is 1. The molecule has 80 valence electrons. The van der Waals surface area contributed by atoms with Crippen molar-refractivity contribution >= 4 is 0 Å². The molecule has 0 saturated heterocycles. The summed E-state index contributed by atoms with van der Waals surface area (Å²) < 4.78 is 18.1. The molecule has 2 nitrogen and oxygen atoms in total. The second-order valence-corrected chi connectivity index (χ2v) is 4.13. The van der Waals surface area contributed by atoms with Crippen molar-refractivity contribution in [3.8, 4) is 17.6 Å². The van der Waals surface area contributed by atoms with Crippen molar-refractivity contribution in [1.29, 1.82) is 0 Å². The van der Waals surface area contributed by atoms with Crippen LogP contribution in [0.4, 0.5) is 4.39 Å². The third kappa shape index (κ3) is 4.46. The van der Waals surface area contributed by atoms with Gasteiger partial charge in [-0.1, -0.05) is 11.8 Å². The Balaban J connectivity index is 2.51. The van der Waals surface area contributed by atoms with Gasteiger partial charge in [-0.25, -0.2) is 4.98 Å². The molecule has 0 aliphatic heterocycles. The predicted octanol–water partition coefficient (Wildman–Crippen LogP) is 2.65. The van der Waals surface area contributed by atoms with Gasteiger partial charge in [0, 0.05) is 11.6 Å². The van der Waals surface area contributed by atoms with E-state index in [1.807, 2.05) is 20.8 Å². The average molecular weight is 207 g/mol. The second kappa shape index (κ2) is 4.79. The molecule has 0 unspecified atom stereocenters. The number of ether oxygens (including phenoxy) is 1. The first-order valence-corrected chi connectivity index (χ1v) is 4.72. The lowest BCUT2D eigenvalue weighted by Gasteiger charge is -2.07. The van der Waals surface area contributed by atoms with E-state index in [0.29, 0.717) is 0 Å². The van der Waals surface area contributed by atoms with Crippen molar-refractivity contribution in [2.75, 3.05) is 6.61 Å². The van der Waals surface area contributed by atoms with E-state index < -0.39 is 5.95 Å². The Morgan fingerprint density at radius 3 is 2.80 bits per heavy atom. The van der Waals surface area contributed by atoms with E-state index in [4.69, 9.17) is 4.74 Å². The summed E-state index contributed by atoms with van der Waals surface area (Å²) in [7, 11) is 0. The number of nitrogens with zero attached hydrogens (tertiary/aromatic N) is 1. The van der Waals surface area contributed by atoms with E-state index in [-0.39, 0.29) is 17.8 Å². The third-order valence-corrected chi connectivity index (χ3v) is 1.49. The topological polar surface area (TPSA) is 22.1 Å². The molecule has 0 bridgehead atoms. The zero-order valence-electron chi connectivity index (χ0n) is 9.17. The number of aromatic nitrogens is 1. The van der Waals surface area contributed by atoms with Crippen molar-refractivity contribution in [2.24, 2.45) is 5.41 Å². The van der Waals surface area contributed by atoms with Crippen LogP contribution in [0.25, 0.3) is 0 Å². The van der Waals surface area contributed by atoms with Crippen molar-refractivity contribution in [2.45, 2.75) is 20.8 Å². The van der Waals surface area contributed by atoms with Gasteiger partial charge in [0.25, 0.3) is 5.95 Å². The summed E-state index contributed by atoms with van der Waals surface area (Å²) in [4.78, 5) is 3.47. The third-order valence-electron chi connectivity index (χ3n) is 1.49. The molecule has 0 aliphatic rings. The van der Waals surface area contributed by atoms with Crippen LogP contribution in [0, 0.1) is 23.2 Å². The number of hydrogen-bond acceptors (Lipinski definition) is 2. The number of hydrogen-bond donors (Lipinski definition) is 0. The second-order valence-electron chi connectivity index (χ2n) is 4.13. The smallest absolute Gasteiger partial charge is 0.255 e. The number of rotatable bonds is 2. The first kappa shape index (κ1) is 11.5. The molecule has 3 heteroatoms. The summed E-state index contributed by atoms with van der Waals surface area (Å²) in [6, 6.07) is 3.15. The van der Waals surface area contributed by atoms with Gasteiger partial charge < -0.3 is 4.74 Å². The lowest BCUT2D eigenvalue weighted by atomic mass is 9.98. The maximum atomic E-state index is 13.0. The van der Waals surface area contributed by atoms with Gasteiger partial charge in [0.05, 0.1) is 0 Å². The Labute approximate surface area is 89.5 Å². The minimum Gasteiger partial charge on any atom is -0.476 e. The average Bonchev–Trinajstić information content (AvgIpc) is 2.13. The van der Waals surface area contributed by atoms with Gasteiger partial charge >= 0.3 is 0 Å². The fraction of sp³-hybridized carbons (Fsp3) is 0.417. The molecule has 0 N–H and O–H groups in total. The standard InChI is InChI=1S/C12H14FNO/c1-12(2,3)7-5-9-15-10-6-4-8-14-11(10)13/h4,6,8H,9H2,1-3H3. The molecule has 0 radical (unpaired) electrons. The van der Waals surface area contributed by atoms with Crippen molar-refractivity contribution in [3.63, 3.8) is 0 Å². The molecule has 1 aromatic heterocycles. The van der Waals surface area contributed by atoms with Gasteiger partial charge in [-0.3, -0.25) is 0 Å². The van der Waals surface area contributed by atoms with Gasteiger partial charge in [-0.2, -0.15) is 4.39 Å². The summed E-state index contributed by atoms with van der Waals surface area (Å²) in [5, 5.41) is 0. The van der Waals surface area contributed by atoms with E-state index in [1.165, 1.54) is 12.3 Å². The van der Waals surface area contributed by atoms with Crippen LogP contribution in [-0.4, -0.2) is 11.6 Å². The van der Waals surface area contributed by atoms with E-state index in [1.54, 1.807) is 6.07 Å². The summed E-state index contributed by atoms with van der Waals surface area (Å²) in [6.45, 7) is 6.19. The summed E-state index contributed by atoms with van der Waals surface area (Å²) in [5.41, 5.74) is -0.0587. The summed E-state index contributed by atoms with van der Waals surface area (Å²) in [6.07, 6.45) is 1.38. The Morgan fingerprint density at radius 2 is 2.20 bits per heavy atom. The minimum absolute atomic E-state index is 0.0587. The Hall–Kier alpha value is -1.56. The van der Waals surface area contributed by atoms with Crippen molar-refractivity contribution in [3.05, 3.63) is 24.3 Å². The molecule has 15 heavy (non-hydrogen) atoms. The van der Waals surface area contributed by atoms with Gasteiger partial charge in [0.15, 0.2) is 5.75 Å². The first-order chi connectivity index (χ1) is 6.99. The molecule has 1 rings (SSSR count). The van der Waals surface area contributed by atoms with Crippen LogP contribution in [-0.2, 0) is 0 Å². The molecular formula is C12H14FNO. The molecule has 0 spiro atoms. The lowest BCUT2D eigenvalue weighted by molar-refractivity contribution is 0.341. The van der Waals surface area contributed by atoms with Crippen LogP contribution < -0.4 is 4.74 Å². The molecule has 0 aliphatic carbocycles. The van der Waals surface area contributed by atoms with Crippen LogP contribution in [0.2, 0.25) is 0 Å². The monoisotopic (exact) mass is 207 g/mol. The maximum absolute atomic E-state index is 13.0. The minimum atomic E-state index is -0.602. The highest BCUT2D eigenvalue weighted by atomic mass is 19.1. The normalized spacial score (nSPS) is 10.4. The summed E-state index contributed by atoms with van der Waals surface area (Å²) >= 11 is 0. The highest BCUT2D eigenvalue weighted by molar-refractivity contribution is 5.19. The van der Waals surface area contributed by atoms with Gasteiger partial charge in [-0.15, -0.1) is 0 Å². The Morgan fingerprint density at radius 1 is 1.47 bits per heavy atom.